The molecule has 1 fully saturated rings. The monoisotopic (exact) mass is 470 g/mol. The van der Waals surface area contributed by atoms with Crippen LogP contribution in [0.1, 0.15) is 29.5 Å². The van der Waals surface area contributed by atoms with Crippen molar-refractivity contribution in [2.45, 2.75) is 31.4 Å². The van der Waals surface area contributed by atoms with Crippen LogP contribution in [0.2, 0.25) is 0 Å². The highest BCUT2D eigenvalue weighted by atomic mass is 32.2. The number of nitrogens with zero attached hydrogens (tertiary/aromatic N) is 2. The number of carbonyl (C=O) groups excluding carboxylic acids is 3. The Balaban J connectivity index is 1.49. The predicted molar refractivity (Wildman–Crippen MR) is 127 cm³/mol. The minimum Gasteiger partial charge on any atom is -0.507 e. The maximum absolute atomic E-state index is 12.7. The summed E-state index contributed by atoms with van der Waals surface area (Å²) < 4.78 is 0. The van der Waals surface area contributed by atoms with Crippen molar-refractivity contribution in [1.29, 1.82) is 0 Å². The number of nitrogens with two attached hydrogens (primary N) is 2. The van der Waals surface area contributed by atoms with Gasteiger partial charge in [-0.05, 0) is 37.5 Å². The van der Waals surface area contributed by atoms with Crippen LogP contribution in [0, 0.1) is 6.92 Å². The number of thioether (sulfide) groups is 1. The number of carbonyl (C=O) groups is 3. The van der Waals surface area contributed by atoms with Crippen LogP contribution in [0.15, 0.2) is 47.6 Å². The molecule has 2 aromatic carbocycles. The van der Waals surface area contributed by atoms with Gasteiger partial charge in [0.1, 0.15) is 5.75 Å². The smallest absolute Gasteiger partial charge is 0.289 e. The highest BCUT2D eigenvalue weighted by molar-refractivity contribution is 8.15. The Morgan fingerprint density at radius 2 is 1.94 bits per heavy atom. The third-order valence-corrected chi connectivity index (χ3v) is 6.21. The first-order valence-electron chi connectivity index (χ1n) is 10.3. The Morgan fingerprint density at radius 3 is 2.58 bits per heavy atom. The molecule has 2 aromatic rings. The van der Waals surface area contributed by atoms with E-state index in [0.717, 1.165) is 22.9 Å². The predicted octanol–water partition coefficient (Wildman–Crippen LogP) is 1.81. The highest BCUT2D eigenvalue weighted by Gasteiger charge is 2.39. The molecule has 10 nitrogen and oxygen atoms in total. The number of amidine groups is 1. The van der Waals surface area contributed by atoms with E-state index in [1.807, 2.05) is 31.2 Å². The third-order valence-electron chi connectivity index (χ3n) is 5.13. The van der Waals surface area contributed by atoms with Crippen molar-refractivity contribution in [3.05, 3.63) is 59.2 Å². The summed E-state index contributed by atoms with van der Waals surface area (Å²) in [6, 6.07) is 12.3. The van der Waals surface area contributed by atoms with E-state index in [1.165, 1.54) is 17.0 Å². The number of hydrogen-bond acceptors (Lipinski definition) is 8. The number of aromatic hydroxyl groups is 1. The largest absolute Gasteiger partial charge is 0.507 e. The lowest BCUT2D eigenvalue weighted by Gasteiger charge is -2.14. The second-order valence-electron chi connectivity index (χ2n) is 7.56. The number of nitrogens with one attached hydrogen (secondary N) is 2. The van der Waals surface area contributed by atoms with Crippen LogP contribution >= 0.6 is 11.8 Å². The Bertz CT molecular complexity index is 1070. The minimum atomic E-state index is -0.444. The fourth-order valence-corrected chi connectivity index (χ4v) is 4.44. The van der Waals surface area contributed by atoms with E-state index in [2.05, 4.69) is 15.8 Å². The van der Waals surface area contributed by atoms with Crippen LogP contribution in [0.4, 0.5) is 10.5 Å². The summed E-state index contributed by atoms with van der Waals surface area (Å²) in [5.41, 5.74) is 5.05. The highest BCUT2D eigenvalue weighted by Crippen LogP contribution is 2.30. The summed E-state index contributed by atoms with van der Waals surface area (Å²) in [5.74, 6) is 9.86. The van der Waals surface area contributed by atoms with Crippen molar-refractivity contribution < 1.29 is 19.5 Å². The Kier molecular flexibility index (Phi) is 7.91. The summed E-state index contributed by atoms with van der Waals surface area (Å²) in [5, 5.41) is 15.4. The van der Waals surface area contributed by atoms with Crippen LogP contribution in [0.5, 0.6) is 5.75 Å². The summed E-state index contributed by atoms with van der Waals surface area (Å²) >= 11 is 1.03. The normalized spacial score (nSPS) is 16.2. The van der Waals surface area contributed by atoms with Gasteiger partial charge in [0, 0.05) is 24.7 Å². The molecule has 174 valence electrons. The van der Waals surface area contributed by atoms with Crippen LogP contribution in [-0.2, 0) is 16.0 Å². The third kappa shape index (κ3) is 6.02. The quantitative estimate of drug-likeness (QED) is 0.169. The maximum Gasteiger partial charge on any atom is 0.289 e. The molecule has 1 saturated heterocycles. The number of rotatable bonds is 8. The van der Waals surface area contributed by atoms with Gasteiger partial charge in [-0.1, -0.05) is 41.6 Å². The van der Waals surface area contributed by atoms with Crippen LogP contribution < -0.4 is 22.4 Å². The van der Waals surface area contributed by atoms with Crippen molar-refractivity contribution >= 4 is 40.3 Å². The maximum atomic E-state index is 12.7. The zero-order valence-electron chi connectivity index (χ0n) is 18.1. The van der Waals surface area contributed by atoms with Crippen LogP contribution in [0.3, 0.4) is 0 Å². The number of hydrogen-bond donors (Lipinski definition) is 5. The van der Waals surface area contributed by atoms with Crippen LogP contribution in [0.25, 0.3) is 0 Å². The molecule has 33 heavy (non-hydrogen) atoms. The number of hydrazone groups is 1. The van der Waals surface area contributed by atoms with Gasteiger partial charge in [-0.15, -0.1) is 0 Å². The van der Waals surface area contributed by atoms with E-state index in [1.54, 1.807) is 6.07 Å². The summed E-state index contributed by atoms with van der Waals surface area (Å²) in [4.78, 5) is 38.4. The molecule has 3 amide bonds. The molecular weight excluding hydrogens is 444 g/mol. The van der Waals surface area contributed by atoms with Crippen molar-refractivity contribution in [2.75, 3.05) is 11.9 Å². The number of anilines is 1. The van der Waals surface area contributed by atoms with Gasteiger partial charge < -0.3 is 21.7 Å². The number of phenolic OH excluding ortho intramolecular Hbond substituents is 1. The molecule has 0 bridgehead atoms. The SMILES string of the molecule is Cc1ccc(CC2SC(=O)N(CCCC(=O)Nc3ccc(/C(=N/N)NN)c(O)c3)C2=O)cc1. The number of amides is 3. The van der Waals surface area contributed by atoms with Crippen molar-refractivity contribution in [3.8, 4) is 5.75 Å². The molecule has 3 rings (SSSR count). The van der Waals surface area contributed by atoms with Gasteiger partial charge in [-0.25, -0.2) is 5.84 Å². The molecule has 11 heteroatoms. The van der Waals surface area contributed by atoms with Crippen LogP contribution in [-0.4, -0.2) is 44.7 Å². The molecule has 7 N–H and O–H groups in total. The molecule has 0 aliphatic carbocycles. The van der Waals surface area contributed by atoms with Gasteiger partial charge >= 0.3 is 0 Å². The molecule has 0 radical (unpaired) electrons. The molecule has 1 atom stereocenters. The number of phenols is 1. The van der Waals surface area contributed by atoms with Gasteiger partial charge in [-0.3, -0.25) is 19.3 Å². The average molecular weight is 471 g/mol. The summed E-state index contributed by atoms with van der Waals surface area (Å²) in [6.45, 7) is 2.16. The van der Waals surface area contributed by atoms with Crippen molar-refractivity contribution in [1.82, 2.24) is 10.3 Å². The number of benzene rings is 2. The van der Waals surface area contributed by atoms with Crippen molar-refractivity contribution in [3.63, 3.8) is 0 Å². The second-order valence-corrected chi connectivity index (χ2v) is 8.71. The lowest BCUT2D eigenvalue weighted by atomic mass is 10.1. The first-order chi connectivity index (χ1) is 15.8. The number of imide groups is 1. The first kappa shape index (κ1) is 24.1. The van der Waals surface area contributed by atoms with E-state index in [0.29, 0.717) is 18.5 Å². The zero-order valence-corrected chi connectivity index (χ0v) is 18.9. The summed E-state index contributed by atoms with van der Waals surface area (Å²) in [6.07, 6.45) is 0.918. The molecule has 0 saturated carbocycles. The first-order valence-corrected chi connectivity index (χ1v) is 11.2. The lowest BCUT2D eigenvalue weighted by Crippen LogP contribution is -2.33. The van der Waals surface area contributed by atoms with E-state index in [4.69, 9.17) is 11.7 Å². The molecule has 1 heterocycles. The van der Waals surface area contributed by atoms with E-state index < -0.39 is 5.25 Å². The minimum absolute atomic E-state index is 0.0869. The van der Waals surface area contributed by atoms with Gasteiger partial charge in [0.2, 0.25) is 11.8 Å². The van der Waals surface area contributed by atoms with Gasteiger partial charge in [0.25, 0.3) is 5.24 Å². The fraction of sp³-hybridized carbons (Fsp3) is 0.273. The molecule has 0 aromatic heterocycles. The Labute approximate surface area is 195 Å². The molecule has 1 aliphatic rings. The lowest BCUT2D eigenvalue weighted by molar-refractivity contribution is -0.127. The Hall–Kier alpha value is -3.57. The molecule has 0 spiro atoms. The molecule has 1 unspecified atom stereocenters. The Morgan fingerprint density at radius 1 is 1.21 bits per heavy atom. The molecular formula is C22H26N6O4S. The topological polar surface area (TPSA) is 163 Å². The summed E-state index contributed by atoms with van der Waals surface area (Å²) in [7, 11) is 0. The van der Waals surface area contributed by atoms with Gasteiger partial charge in [0.05, 0.1) is 10.8 Å². The fourth-order valence-electron chi connectivity index (χ4n) is 3.38. The standard InChI is InChI=1S/C22H26N6O4S/c1-13-4-6-14(7-5-13)11-18-21(31)28(22(32)33-18)10-2-3-19(30)25-15-8-9-16(17(29)12-15)20(26-23)27-24/h4-9,12,18,29H,2-3,10-11,23-24H2,1H3,(H,25,30)(H,26,27). The number of aryl methyl sites for hydroxylation is 1. The molecule has 1 aliphatic heterocycles. The second kappa shape index (κ2) is 10.8. The van der Waals surface area contributed by atoms with E-state index >= 15 is 0 Å². The average Bonchev–Trinajstić information content (AvgIpc) is 3.04. The van der Waals surface area contributed by atoms with Crippen molar-refractivity contribution in [2.24, 2.45) is 16.8 Å². The zero-order chi connectivity index (χ0) is 24.0. The number of hydrazine groups is 1. The van der Waals surface area contributed by atoms with Gasteiger partial charge in [0.15, 0.2) is 5.84 Å². The van der Waals surface area contributed by atoms with E-state index in [9.17, 15) is 19.5 Å². The van der Waals surface area contributed by atoms with Gasteiger partial charge in [-0.2, -0.15) is 5.10 Å². The van der Waals surface area contributed by atoms with E-state index in [-0.39, 0.29) is 47.2 Å².